The molecule has 3 nitrogen and oxygen atoms in total. The van der Waals surface area contributed by atoms with E-state index in [0.29, 0.717) is 0 Å². The van der Waals surface area contributed by atoms with Gasteiger partial charge < -0.3 is 10.4 Å². The Morgan fingerprint density at radius 1 is 1.64 bits per heavy atom. The third-order valence-electron chi connectivity index (χ3n) is 2.34. The van der Waals surface area contributed by atoms with Crippen LogP contribution in [0.1, 0.15) is 20.3 Å². The minimum Gasteiger partial charge on any atom is -0.394 e. The number of rotatable bonds is 4. The molecule has 0 saturated carbocycles. The van der Waals surface area contributed by atoms with Gasteiger partial charge in [0.1, 0.15) is 0 Å². The van der Waals surface area contributed by atoms with Crippen molar-refractivity contribution in [1.29, 1.82) is 0 Å². The SMILES string of the molecule is CCC(C)(CO)Nc1ccncc1Br. The van der Waals surface area contributed by atoms with Gasteiger partial charge in [0, 0.05) is 12.4 Å². The second-order valence-electron chi connectivity index (χ2n) is 3.55. The van der Waals surface area contributed by atoms with E-state index in [1.807, 2.05) is 19.9 Å². The van der Waals surface area contributed by atoms with Crippen molar-refractivity contribution in [3.63, 3.8) is 0 Å². The first-order valence-electron chi connectivity index (χ1n) is 4.60. The second kappa shape index (κ2) is 4.75. The molecule has 0 aliphatic carbocycles. The van der Waals surface area contributed by atoms with E-state index in [0.717, 1.165) is 16.6 Å². The molecule has 1 aromatic heterocycles. The minimum absolute atomic E-state index is 0.109. The van der Waals surface area contributed by atoms with E-state index in [2.05, 4.69) is 26.2 Å². The fourth-order valence-corrected chi connectivity index (χ4v) is 1.39. The van der Waals surface area contributed by atoms with Crippen LogP contribution in [0, 0.1) is 0 Å². The average Bonchev–Trinajstić information content (AvgIpc) is 2.21. The number of hydrogen-bond acceptors (Lipinski definition) is 3. The predicted octanol–water partition coefficient (Wildman–Crippen LogP) is 2.42. The van der Waals surface area contributed by atoms with Gasteiger partial charge in [0.25, 0.3) is 0 Å². The van der Waals surface area contributed by atoms with Gasteiger partial charge in [-0.15, -0.1) is 0 Å². The lowest BCUT2D eigenvalue weighted by Gasteiger charge is -2.28. The molecule has 0 saturated heterocycles. The Hall–Kier alpha value is -0.610. The van der Waals surface area contributed by atoms with E-state index >= 15 is 0 Å². The average molecular weight is 259 g/mol. The van der Waals surface area contributed by atoms with E-state index in [4.69, 9.17) is 0 Å². The van der Waals surface area contributed by atoms with Crippen molar-refractivity contribution in [2.24, 2.45) is 0 Å². The van der Waals surface area contributed by atoms with Crippen molar-refractivity contribution in [2.75, 3.05) is 11.9 Å². The lowest BCUT2D eigenvalue weighted by Crippen LogP contribution is -2.38. The molecule has 1 atom stereocenters. The largest absolute Gasteiger partial charge is 0.394 e. The number of nitrogens with zero attached hydrogens (tertiary/aromatic N) is 1. The van der Waals surface area contributed by atoms with Crippen LogP contribution < -0.4 is 5.32 Å². The lowest BCUT2D eigenvalue weighted by atomic mass is 10.00. The summed E-state index contributed by atoms with van der Waals surface area (Å²) in [6.07, 6.45) is 4.31. The van der Waals surface area contributed by atoms with Gasteiger partial charge in [-0.25, -0.2) is 0 Å². The van der Waals surface area contributed by atoms with Crippen LogP contribution in [0.15, 0.2) is 22.9 Å². The normalized spacial score (nSPS) is 14.9. The molecule has 78 valence electrons. The highest BCUT2D eigenvalue weighted by atomic mass is 79.9. The first-order chi connectivity index (χ1) is 6.61. The van der Waals surface area contributed by atoms with E-state index < -0.39 is 0 Å². The molecule has 0 radical (unpaired) electrons. The number of halogens is 1. The summed E-state index contributed by atoms with van der Waals surface area (Å²) in [7, 11) is 0. The maximum atomic E-state index is 9.24. The number of nitrogens with one attached hydrogen (secondary N) is 1. The van der Waals surface area contributed by atoms with Crippen molar-refractivity contribution in [3.8, 4) is 0 Å². The monoisotopic (exact) mass is 258 g/mol. The Morgan fingerprint density at radius 2 is 2.36 bits per heavy atom. The zero-order chi connectivity index (χ0) is 10.6. The van der Waals surface area contributed by atoms with Crippen molar-refractivity contribution in [3.05, 3.63) is 22.9 Å². The molecule has 1 heterocycles. The standard InChI is InChI=1S/C10H15BrN2O/c1-3-10(2,7-14)13-9-4-5-12-6-8(9)11/h4-6,14H,3,7H2,1-2H3,(H,12,13). The first kappa shape index (κ1) is 11.5. The molecule has 0 bridgehead atoms. The molecule has 1 aromatic rings. The Morgan fingerprint density at radius 3 is 2.86 bits per heavy atom. The maximum Gasteiger partial charge on any atom is 0.0658 e. The summed E-state index contributed by atoms with van der Waals surface area (Å²) < 4.78 is 0.910. The van der Waals surface area contributed by atoms with Crippen molar-refractivity contribution in [2.45, 2.75) is 25.8 Å². The van der Waals surface area contributed by atoms with E-state index in [1.54, 1.807) is 12.4 Å². The topological polar surface area (TPSA) is 45.1 Å². The van der Waals surface area contributed by atoms with Crippen LogP contribution in [0.2, 0.25) is 0 Å². The highest BCUT2D eigenvalue weighted by Crippen LogP contribution is 2.24. The number of hydrogen-bond donors (Lipinski definition) is 2. The van der Waals surface area contributed by atoms with Crippen LogP contribution in [0.5, 0.6) is 0 Å². The summed E-state index contributed by atoms with van der Waals surface area (Å²) >= 11 is 3.40. The minimum atomic E-state index is -0.274. The maximum absolute atomic E-state index is 9.24. The fraction of sp³-hybridized carbons (Fsp3) is 0.500. The summed E-state index contributed by atoms with van der Waals surface area (Å²) in [5, 5.41) is 12.5. The summed E-state index contributed by atoms with van der Waals surface area (Å²) in [5.41, 5.74) is 0.683. The third-order valence-corrected chi connectivity index (χ3v) is 2.97. The molecule has 0 fully saturated rings. The van der Waals surface area contributed by atoms with E-state index in [1.165, 1.54) is 0 Å². The smallest absolute Gasteiger partial charge is 0.0658 e. The van der Waals surface area contributed by atoms with Crippen LogP contribution in [0.3, 0.4) is 0 Å². The number of aliphatic hydroxyl groups is 1. The van der Waals surface area contributed by atoms with Gasteiger partial charge in [-0.1, -0.05) is 6.92 Å². The number of pyridine rings is 1. The van der Waals surface area contributed by atoms with Gasteiger partial charge in [0.05, 0.1) is 22.3 Å². The summed E-state index contributed by atoms with van der Waals surface area (Å²) in [4.78, 5) is 3.98. The Labute approximate surface area is 92.7 Å². The van der Waals surface area contributed by atoms with E-state index in [9.17, 15) is 5.11 Å². The summed E-state index contributed by atoms with van der Waals surface area (Å²) in [5.74, 6) is 0. The molecule has 4 heteroatoms. The molecule has 0 aliphatic heterocycles. The van der Waals surface area contributed by atoms with Crippen molar-refractivity contribution < 1.29 is 5.11 Å². The lowest BCUT2D eigenvalue weighted by molar-refractivity contribution is 0.219. The van der Waals surface area contributed by atoms with Crippen LogP contribution in [-0.4, -0.2) is 22.2 Å². The Kier molecular flexibility index (Phi) is 3.89. The van der Waals surface area contributed by atoms with Gasteiger partial charge in [0.15, 0.2) is 0 Å². The number of anilines is 1. The van der Waals surface area contributed by atoms with Gasteiger partial charge >= 0.3 is 0 Å². The molecule has 0 aromatic carbocycles. The van der Waals surface area contributed by atoms with Gasteiger partial charge in [-0.3, -0.25) is 4.98 Å². The van der Waals surface area contributed by atoms with Gasteiger partial charge in [0.2, 0.25) is 0 Å². The van der Waals surface area contributed by atoms with Crippen molar-refractivity contribution >= 4 is 21.6 Å². The highest BCUT2D eigenvalue weighted by molar-refractivity contribution is 9.10. The molecule has 1 rings (SSSR count). The molecular weight excluding hydrogens is 244 g/mol. The molecule has 2 N–H and O–H groups in total. The first-order valence-corrected chi connectivity index (χ1v) is 5.39. The quantitative estimate of drug-likeness (QED) is 0.872. The molecule has 0 amide bonds. The second-order valence-corrected chi connectivity index (χ2v) is 4.41. The van der Waals surface area contributed by atoms with Crippen molar-refractivity contribution in [1.82, 2.24) is 4.98 Å². The summed E-state index contributed by atoms with van der Waals surface area (Å²) in [6.45, 7) is 4.14. The Balaban J connectivity index is 2.82. The third kappa shape index (κ3) is 2.69. The molecular formula is C10H15BrN2O. The number of aliphatic hydroxyl groups excluding tert-OH is 1. The van der Waals surface area contributed by atoms with E-state index in [-0.39, 0.29) is 12.1 Å². The van der Waals surface area contributed by atoms with Crippen LogP contribution >= 0.6 is 15.9 Å². The molecule has 1 unspecified atom stereocenters. The Bertz CT molecular complexity index is 300. The van der Waals surface area contributed by atoms with Crippen LogP contribution in [-0.2, 0) is 0 Å². The summed E-state index contributed by atoms with van der Waals surface area (Å²) in [6, 6.07) is 1.88. The predicted molar refractivity (Wildman–Crippen MR) is 61.3 cm³/mol. The van der Waals surface area contributed by atoms with Crippen LogP contribution in [0.25, 0.3) is 0 Å². The van der Waals surface area contributed by atoms with Crippen LogP contribution in [0.4, 0.5) is 5.69 Å². The number of aromatic nitrogens is 1. The highest BCUT2D eigenvalue weighted by Gasteiger charge is 2.20. The molecule has 14 heavy (non-hydrogen) atoms. The fourth-order valence-electron chi connectivity index (χ4n) is 1.04. The molecule has 0 spiro atoms. The zero-order valence-electron chi connectivity index (χ0n) is 8.42. The van der Waals surface area contributed by atoms with Gasteiger partial charge in [-0.05, 0) is 35.3 Å². The molecule has 0 aliphatic rings. The zero-order valence-corrected chi connectivity index (χ0v) is 10.0. The van der Waals surface area contributed by atoms with Gasteiger partial charge in [-0.2, -0.15) is 0 Å².